The minimum Gasteiger partial charge on any atom is -0.496 e. The summed E-state index contributed by atoms with van der Waals surface area (Å²) >= 11 is 0. The van der Waals surface area contributed by atoms with Gasteiger partial charge in [0.05, 0.1) is 12.7 Å². The maximum absolute atomic E-state index is 14.9. The summed E-state index contributed by atoms with van der Waals surface area (Å²) in [6.07, 6.45) is 4.52. The van der Waals surface area contributed by atoms with E-state index in [1.54, 1.807) is 20.2 Å². The zero-order valence-electron chi connectivity index (χ0n) is 17.9. The number of carbonyl (C=O) groups excluding carboxylic acids is 2. The zero-order valence-corrected chi connectivity index (χ0v) is 17.9. The standard InChI is InChI=1S/C23H28FNO5/c1-6-7-15-12-23(21(11-19(15)26)29-13-30-23)14(2)8-16-9-17(22(27)25(3)4)20(28-5)10-18(16)24/h6,9-11,14-15H,1,7-8,12-13H2,2-5H3/t14-,15+,23-/m1/s1. The first-order valence-electron chi connectivity index (χ1n) is 9.95. The van der Waals surface area contributed by atoms with Gasteiger partial charge in [-0.1, -0.05) is 13.0 Å². The van der Waals surface area contributed by atoms with Crippen LogP contribution in [0.15, 0.2) is 36.6 Å². The highest BCUT2D eigenvalue weighted by molar-refractivity contribution is 5.97. The largest absolute Gasteiger partial charge is 0.496 e. The van der Waals surface area contributed by atoms with Crippen molar-refractivity contribution in [1.82, 2.24) is 4.90 Å². The SMILES string of the molecule is C=CC[C@H]1C[C@]2([C@H](C)Cc3cc(C(=O)N(C)C)c(OC)cc3F)OCOC2=CC1=O. The highest BCUT2D eigenvalue weighted by Crippen LogP contribution is 2.46. The summed E-state index contributed by atoms with van der Waals surface area (Å²) in [5.41, 5.74) is -0.124. The number of ketones is 1. The first kappa shape index (κ1) is 22.0. The lowest BCUT2D eigenvalue weighted by Gasteiger charge is -2.38. The fourth-order valence-electron chi connectivity index (χ4n) is 4.24. The van der Waals surface area contributed by atoms with Gasteiger partial charge in [0.15, 0.2) is 12.6 Å². The number of benzene rings is 1. The van der Waals surface area contributed by atoms with Crippen molar-refractivity contribution in [1.29, 1.82) is 0 Å². The zero-order chi connectivity index (χ0) is 22.1. The number of nitrogens with zero attached hydrogens (tertiary/aromatic N) is 1. The molecule has 1 fully saturated rings. The van der Waals surface area contributed by atoms with E-state index in [1.165, 1.54) is 30.2 Å². The summed E-state index contributed by atoms with van der Waals surface area (Å²) in [7, 11) is 4.67. The van der Waals surface area contributed by atoms with Crippen LogP contribution in [0.25, 0.3) is 0 Å². The molecule has 1 aliphatic heterocycles. The summed E-state index contributed by atoms with van der Waals surface area (Å²) in [5, 5.41) is 0. The van der Waals surface area contributed by atoms with E-state index >= 15 is 0 Å². The van der Waals surface area contributed by atoms with Crippen LogP contribution in [-0.4, -0.2) is 50.2 Å². The van der Waals surface area contributed by atoms with Crippen molar-refractivity contribution in [3.05, 3.63) is 53.6 Å². The molecule has 0 unspecified atom stereocenters. The first-order valence-corrected chi connectivity index (χ1v) is 9.95. The van der Waals surface area contributed by atoms with Gasteiger partial charge in [-0.25, -0.2) is 4.39 Å². The molecule has 0 N–H and O–H groups in total. The molecule has 162 valence electrons. The quantitative estimate of drug-likeness (QED) is 0.636. The van der Waals surface area contributed by atoms with Crippen LogP contribution in [0.1, 0.15) is 35.7 Å². The van der Waals surface area contributed by atoms with Crippen LogP contribution in [0.5, 0.6) is 5.75 Å². The van der Waals surface area contributed by atoms with Crippen LogP contribution >= 0.6 is 0 Å². The van der Waals surface area contributed by atoms with Gasteiger partial charge in [-0.05, 0) is 36.8 Å². The second kappa shape index (κ2) is 8.60. The third kappa shape index (κ3) is 3.86. The fourth-order valence-corrected chi connectivity index (χ4v) is 4.24. The number of ether oxygens (including phenoxy) is 3. The Morgan fingerprint density at radius 1 is 1.47 bits per heavy atom. The molecule has 2 aliphatic rings. The summed E-state index contributed by atoms with van der Waals surface area (Å²) in [6, 6.07) is 2.78. The van der Waals surface area contributed by atoms with Gasteiger partial charge in [0.1, 0.15) is 22.9 Å². The molecule has 1 aliphatic carbocycles. The lowest BCUT2D eigenvalue weighted by Crippen LogP contribution is -2.45. The molecule has 0 saturated carbocycles. The lowest BCUT2D eigenvalue weighted by molar-refractivity contribution is -0.123. The molecule has 0 spiro atoms. The third-order valence-corrected chi connectivity index (χ3v) is 5.95. The van der Waals surface area contributed by atoms with Crippen LogP contribution in [0.4, 0.5) is 4.39 Å². The number of carbonyl (C=O) groups is 2. The van der Waals surface area contributed by atoms with Gasteiger partial charge in [0, 0.05) is 32.2 Å². The fraction of sp³-hybridized carbons (Fsp3) is 0.478. The second-order valence-electron chi connectivity index (χ2n) is 8.08. The van der Waals surface area contributed by atoms with Crippen LogP contribution in [0.3, 0.4) is 0 Å². The Kier molecular flexibility index (Phi) is 6.31. The van der Waals surface area contributed by atoms with E-state index < -0.39 is 11.4 Å². The Hall–Kier alpha value is -2.67. The highest BCUT2D eigenvalue weighted by Gasteiger charge is 2.51. The van der Waals surface area contributed by atoms with Gasteiger partial charge in [0.2, 0.25) is 0 Å². The molecule has 3 rings (SSSR count). The Morgan fingerprint density at radius 3 is 2.83 bits per heavy atom. The van der Waals surface area contributed by atoms with Crippen LogP contribution < -0.4 is 4.74 Å². The third-order valence-electron chi connectivity index (χ3n) is 5.95. The number of halogens is 1. The van der Waals surface area contributed by atoms with E-state index in [1.807, 2.05) is 6.92 Å². The Labute approximate surface area is 176 Å². The van der Waals surface area contributed by atoms with Crippen molar-refractivity contribution >= 4 is 11.7 Å². The summed E-state index contributed by atoms with van der Waals surface area (Å²) in [4.78, 5) is 26.3. The number of hydrogen-bond donors (Lipinski definition) is 0. The van der Waals surface area contributed by atoms with E-state index in [9.17, 15) is 14.0 Å². The van der Waals surface area contributed by atoms with E-state index in [2.05, 4.69) is 6.58 Å². The topological polar surface area (TPSA) is 65.1 Å². The second-order valence-corrected chi connectivity index (χ2v) is 8.08. The Morgan fingerprint density at radius 2 is 2.20 bits per heavy atom. The summed E-state index contributed by atoms with van der Waals surface area (Å²) in [5.74, 6) is -0.486. The number of hydrogen-bond acceptors (Lipinski definition) is 5. The van der Waals surface area contributed by atoms with Crippen molar-refractivity contribution < 1.29 is 28.2 Å². The molecule has 1 heterocycles. The maximum Gasteiger partial charge on any atom is 0.257 e. The molecular weight excluding hydrogens is 389 g/mol. The number of allylic oxidation sites excluding steroid dienone is 2. The average molecular weight is 417 g/mol. The summed E-state index contributed by atoms with van der Waals surface area (Å²) < 4.78 is 31.7. The van der Waals surface area contributed by atoms with E-state index in [0.29, 0.717) is 36.1 Å². The van der Waals surface area contributed by atoms with Gasteiger partial charge in [-0.2, -0.15) is 0 Å². The molecule has 1 amide bonds. The van der Waals surface area contributed by atoms with E-state index in [0.717, 1.165) is 0 Å². The monoisotopic (exact) mass is 417 g/mol. The number of methoxy groups -OCH3 is 1. The van der Waals surface area contributed by atoms with Crippen molar-refractivity contribution in [3.8, 4) is 5.75 Å². The van der Waals surface area contributed by atoms with Gasteiger partial charge in [-0.3, -0.25) is 9.59 Å². The van der Waals surface area contributed by atoms with Crippen molar-refractivity contribution in [2.45, 2.75) is 31.8 Å². The predicted molar refractivity (Wildman–Crippen MR) is 110 cm³/mol. The summed E-state index contributed by atoms with van der Waals surface area (Å²) in [6.45, 7) is 5.74. The van der Waals surface area contributed by atoms with Gasteiger partial charge >= 0.3 is 0 Å². The normalized spacial score (nSPS) is 23.8. The minimum atomic E-state index is -0.806. The van der Waals surface area contributed by atoms with E-state index in [-0.39, 0.29) is 36.1 Å². The molecule has 0 bridgehead atoms. The van der Waals surface area contributed by atoms with Crippen LogP contribution in [-0.2, 0) is 20.7 Å². The smallest absolute Gasteiger partial charge is 0.257 e. The Bertz CT molecular complexity index is 894. The maximum atomic E-state index is 14.9. The molecular formula is C23H28FNO5. The van der Waals surface area contributed by atoms with Gasteiger partial charge in [0.25, 0.3) is 5.91 Å². The van der Waals surface area contributed by atoms with Crippen molar-refractivity contribution in [3.63, 3.8) is 0 Å². The molecule has 1 saturated heterocycles. The molecule has 1 aromatic rings. The molecule has 1 aromatic carbocycles. The number of rotatable bonds is 7. The average Bonchev–Trinajstić information content (AvgIpc) is 3.12. The molecule has 3 atom stereocenters. The van der Waals surface area contributed by atoms with Crippen LogP contribution in [0.2, 0.25) is 0 Å². The first-order chi connectivity index (χ1) is 14.2. The minimum absolute atomic E-state index is 0.00674. The Balaban J connectivity index is 1.95. The predicted octanol–water partition coefficient (Wildman–Crippen LogP) is 3.51. The number of fused-ring (bicyclic) bond motifs is 1. The molecule has 0 aromatic heterocycles. The molecule has 0 radical (unpaired) electrons. The number of amides is 1. The highest BCUT2D eigenvalue weighted by atomic mass is 19.1. The van der Waals surface area contributed by atoms with E-state index in [4.69, 9.17) is 14.2 Å². The van der Waals surface area contributed by atoms with Crippen LogP contribution in [0, 0.1) is 17.7 Å². The lowest BCUT2D eigenvalue weighted by atomic mass is 9.71. The van der Waals surface area contributed by atoms with Crippen molar-refractivity contribution in [2.24, 2.45) is 11.8 Å². The molecule has 30 heavy (non-hydrogen) atoms. The van der Waals surface area contributed by atoms with Gasteiger partial charge < -0.3 is 19.1 Å². The molecule has 7 heteroatoms. The van der Waals surface area contributed by atoms with Gasteiger partial charge in [-0.15, -0.1) is 6.58 Å². The van der Waals surface area contributed by atoms with Crippen molar-refractivity contribution in [2.75, 3.05) is 28.0 Å². The molecule has 6 nitrogen and oxygen atoms in total.